The highest BCUT2D eigenvalue weighted by Gasteiger charge is 2.24. The van der Waals surface area contributed by atoms with E-state index in [1.807, 2.05) is 39.8 Å². The Labute approximate surface area is 153 Å². The van der Waals surface area contributed by atoms with E-state index in [-0.39, 0.29) is 30.3 Å². The lowest BCUT2D eigenvalue weighted by Crippen LogP contribution is -2.15. The summed E-state index contributed by atoms with van der Waals surface area (Å²) >= 11 is 0. The van der Waals surface area contributed by atoms with E-state index in [0.717, 1.165) is 5.75 Å². The molecular weight excluding hydrogens is 336 g/mol. The summed E-state index contributed by atoms with van der Waals surface area (Å²) in [5.74, 6) is 1.92. The first-order valence-corrected chi connectivity index (χ1v) is 8.69. The highest BCUT2D eigenvalue weighted by Crippen LogP contribution is 2.22. The molecule has 0 bridgehead atoms. The summed E-state index contributed by atoms with van der Waals surface area (Å²) in [6, 6.07) is 7.24. The van der Waals surface area contributed by atoms with Crippen LogP contribution in [0.2, 0.25) is 0 Å². The Bertz CT molecular complexity index is 703. The van der Waals surface area contributed by atoms with E-state index < -0.39 is 6.10 Å². The largest absolute Gasteiger partial charge is 0.494 e. The third kappa shape index (κ3) is 5.75. The molecule has 0 saturated carbocycles. The lowest BCUT2D eigenvalue weighted by molar-refractivity contribution is -0.150. The van der Waals surface area contributed by atoms with E-state index in [1.165, 1.54) is 0 Å². The normalized spacial score (nSPS) is 12.5. The lowest BCUT2D eigenvalue weighted by atomic mass is 9.96. The number of esters is 1. The molecule has 2 aromatic rings. The van der Waals surface area contributed by atoms with Gasteiger partial charge in [0.1, 0.15) is 11.5 Å². The van der Waals surface area contributed by atoms with Crippen LogP contribution in [0.4, 0.5) is 0 Å². The Balaban J connectivity index is 1.76. The van der Waals surface area contributed by atoms with Gasteiger partial charge in [-0.2, -0.15) is 4.98 Å². The number of hydrogen-bond acceptors (Lipinski definition) is 7. The van der Waals surface area contributed by atoms with Gasteiger partial charge in [0.15, 0.2) is 11.9 Å². The van der Waals surface area contributed by atoms with Crippen molar-refractivity contribution in [3.05, 3.63) is 36.0 Å². The molecule has 0 aliphatic heterocycles. The highest BCUT2D eigenvalue weighted by molar-refractivity contribution is 5.69. The third-order valence-corrected chi connectivity index (χ3v) is 3.48. The van der Waals surface area contributed by atoms with Crippen LogP contribution in [0.1, 0.15) is 58.9 Å². The van der Waals surface area contributed by atoms with E-state index >= 15 is 0 Å². The van der Waals surface area contributed by atoms with E-state index in [2.05, 4.69) is 10.1 Å². The van der Waals surface area contributed by atoms with Gasteiger partial charge in [0.05, 0.1) is 19.6 Å². The maximum absolute atomic E-state index is 11.9. The number of hydrogen-bond donors (Lipinski definition) is 0. The van der Waals surface area contributed by atoms with Gasteiger partial charge in [0, 0.05) is 5.41 Å². The molecule has 26 heavy (non-hydrogen) atoms. The SMILES string of the molecule is CCOc1ccc(OCCC(=O)OC(C)c2nc(C(C)(C)C)no2)cc1. The maximum Gasteiger partial charge on any atom is 0.310 e. The van der Waals surface area contributed by atoms with E-state index in [9.17, 15) is 4.79 Å². The molecule has 142 valence electrons. The van der Waals surface area contributed by atoms with Crippen LogP contribution < -0.4 is 9.47 Å². The van der Waals surface area contributed by atoms with Crippen molar-refractivity contribution >= 4 is 5.97 Å². The number of nitrogens with zero attached hydrogens (tertiary/aromatic N) is 2. The monoisotopic (exact) mass is 362 g/mol. The Hall–Kier alpha value is -2.57. The molecule has 2 rings (SSSR count). The summed E-state index contributed by atoms with van der Waals surface area (Å²) in [5.41, 5.74) is -0.225. The van der Waals surface area contributed by atoms with Gasteiger partial charge in [-0.15, -0.1) is 0 Å². The van der Waals surface area contributed by atoms with Crippen molar-refractivity contribution in [3.8, 4) is 11.5 Å². The van der Waals surface area contributed by atoms with E-state index in [1.54, 1.807) is 19.1 Å². The fourth-order valence-electron chi connectivity index (χ4n) is 2.06. The second kappa shape index (κ2) is 8.69. The molecule has 1 unspecified atom stereocenters. The Kier molecular flexibility index (Phi) is 6.60. The summed E-state index contributed by atoms with van der Waals surface area (Å²) < 4.78 is 21.4. The number of carbonyl (C=O) groups is 1. The van der Waals surface area contributed by atoms with Crippen molar-refractivity contribution in [2.75, 3.05) is 13.2 Å². The highest BCUT2D eigenvalue weighted by atomic mass is 16.6. The fraction of sp³-hybridized carbons (Fsp3) is 0.526. The zero-order valence-corrected chi connectivity index (χ0v) is 15.9. The molecule has 7 nitrogen and oxygen atoms in total. The maximum atomic E-state index is 11.9. The van der Waals surface area contributed by atoms with Crippen LogP contribution >= 0.6 is 0 Å². The molecular formula is C19H26N2O5. The zero-order chi connectivity index (χ0) is 19.2. The van der Waals surface area contributed by atoms with E-state index in [4.69, 9.17) is 18.7 Å². The number of rotatable bonds is 8. The number of ether oxygens (including phenoxy) is 3. The van der Waals surface area contributed by atoms with Crippen LogP contribution in [-0.4, -0.2) is 29.3 Å². The van der Waals surface area contributed by atoms with Crippen LogP contribution in [0.25, 0.3) is 0 Å². The van der Waals surface area contributed by atoms with Crippen LogP contribution in [-0.2, 0) is 14.9 Å². The second-order valence-corrected chi connectivity index (χ2v) is 6.84. The Morgan fingerprint density at radius 3 is 2.31 bits per heavy atom. The molecule has 1 aromatic carbocycles. The molecule has 0 N–H and O–H groups in total. The minimum Gasteiger partial charge on any atom is -0.494 e. The van der Waals surface area contributed by atoms with Crippen molar-refractivity contribution in [1.82, 2.24) is 10.1 Å². The summed E-state index contributed by atoms with van der Waals surface area (Å²) in [6.07, 6.45) is -0.478. The Morgan fingerprint density at radius 1 is 1.15 bits per heavy atom. The van der Waals surface area contributed by atoms with Gasteiger partial charge in [0.2, 0.25) is 0 Å². The molecule has 1 heterocycles. The average molecular weight is 362 g/mol. The molecule has 0 fully saturated rings. The molecule has 0 saturated heterocycles. The van der Waals surface area contributed by atoms with Gasteiger partial charge in [-0.25, -0.2) is 0 Å². The molecule has 1 aromatic heterocycles. The smallest absolute Gasteiger partial charge is 0.310 e. The summed E-state index contributed by atoms with van der Waals surface area (Å²) in [5, 5.41) is 3.93. The third-order valence-electron chi connectivity index (χ3n) is 3.48. The van der Waals surface area contributed by atoms with Crippen molar-refractivity contribution in [2.45, 2.75) is 52.6 Å². The Morgan fingerprint density at radius 2 is 1.77 bits per heavy atom. The predicted octanol–water partition coefficient (Wildman–Crippen LogP) is 3.84. The first-order chi connectivity index (χ1) is 12.3. The summed E-state index contributed by atoms with van der Waals surface area (Å²) in [7, 11) is 0. The molecule has 0 spiro atoms. The topological polar surface area (TPSA) is 83.7 Å². The first kappa shape index (κ1) is 19.8. The summed E-state index contributed by atoms with van der Waals surface area (Å²) in [6.45, 7) is 10.4. The molecule has 0 aliphatic rings. The number of carbonyl (C=O) groups excluding carboxylic acids is 1. The molecule has 1 atom stereocenters. The van der Waals surface area contributed by atoms with Gasteiger partial charge in [0.25, 0.3) is 5.89 Å². The summed E-state index contributed by atoms with van der Waals surface area (Å²) in [4.78, 5) is 16.2. The van der Waals surface area contributed by atoms with Crippen LogP contribution in [0.5, 0.6) is 11.5 Å². The van der Waals surface area contributed by atoms with Crippen molar-refractivity contribution < 1.29 is 23.5 Å². The average Bonchev–Trinajstić information content (AvgIpc) is 3.07. The van der Waals surface area contributed by atoms with Gasteiger partial charge in [-0.1, -0.05) is 25.9 Å². The lowest BCUT2D eigenvalue weighted by Gasteiger charge is -2.12. The minimum atomic E-state index is -0.600. The number of benzene rings is 1. The molecule has 7 heteroatoms. The van der Waals surface area contributed by atoms with Crippen molar-refractivity contribution in [2.24, 2.45) is 0 Å². The second-order valence-electron chi connectivity index (χ2n) is 6.84. The fourth-order valence-corrected chi connectivity index (χ4v) is 2.06. The van der Waals surface area contributed by atoms with Gasteiger partial charge >= 0.3 is 5.97 Å². The quantitative estimate of drug-likeness (QED) is 0.660. The molecule has 0 amide bonds. The molecule has 0 aliphatic carbocycles. The van der Waals surface area contributed by atoms with Gasteiger partial charge in [-0.3, -0.25) is 4.79 Å². The van der Waals surface area contributed by atoms with Crippen molar-refractivity contribution in [1.29, 1.82) is 0 Å². The van der Waals surface area contributed by atoms with Crippen LogP contribution in [0, 0.1) is 0 Å². The predicted molar refractivity (Wildman–Crippen MR) is 95.2 cm³/mol. The zero-order valence-electron chi connectivity index (χ0n) is 15.9. The molecule has 0 radical (unpaired) electrons. The van der Waals surface area contributed by atoms with Crippen molar-refractivity contribution in [3.63, 3.8) is 0 Å². The van der Waals surface area contributed by atoms with Gasteiger partial charge in [-0.05, 0) is 38.1 Å². The van der Waals surface area contributed by atoms with E-state index in [0.29, 0.717) is 18.2 Å². The minimum absolute atomic E-state index is 0.123. The van der Waals surface area contributed by atoms with Gasteiger partial charge < -0.3 is 18.7 Å². The van der Waals surface area contributed by atoms with Crippen LogP contribution in [0.15, 0.2) is 28.8 Å². The number of aromatic nitrogens is 2. The van der Waals surface area contributed by atoms with Crippen LogP contribution in [0.3, 0.4) is 0 Å². The first-order valence-electron chi connectivity index (χ1n) is 8.69. The standard InChI is InChI=1S/C19H26N2O5/c1-6-23-14-7-9-15(10-8-14)24-12-11-16(22)25-13(2)17-20-18(21-26-17)19(3,4)5/h7-10,13H,6,11-12H2,1-5H3.